The molecule has 1 aromatic carbocycles. The smallest absolute Gasteiger partial charge is 0.222 e. The normalized spacial score (nSPS) is 22.6. The van der Waals surface area contributed by atoms with E-state index in [0.29, 0.717) is 24.8 Å². The van der Waals surface area contributed by atoms with Crippen molar-refractivity contribution in [2.75, 3.05) is 7.05 Å². The summed E-state index contributed by atoms with van der Waals surface area (Å²) in [6.07, 6.45) is 6.05. The van der Waals surface area contributed by atoms with E-state index in [1.807, 2.05) is 11.9 Å². The molecule has 0 spiro atoms. The Labute approximate surface area is 121 Å². The monoisotopic (exact) mass is 277 g/mol. The van der Waals surface area contributed by atoms with Gasteiger partial charge < -0.3 is 4.90 Å². The summed E-state index contributed by atoms with van der Waals surface area (Å²) in [5.41, 5.74) is 1.02. The van der Waals surface area contributed by atoms with Crippen LogP contribution >= 0.6 is 0 Å². The van der Waals surface area contributed by atoms with Gasteiger partial charge in [0.1, 0.15) is 5.82 Å². The standard InChI is InChI=1S/C17H24FNO/c1-13-5-3-4-6-16(13)19(2)17(20)12-9-14-7-10-15(18)11-8-14/h7-8,10-11,13,16H,3-6,9,12H2,1-2H3. The summed E-state index contributed by atoms with van der Waals surface area (Å²) in [4.78, 5) is 14.2. The quantitative estimate of drug-likeness (QED) is 0.820. The van der Waals surface area contributed by atoms with Crippen LogP contribution in [0.15, 0.2) is 24.3 Å². The predicted molar refractivity (Wildman–Crippen MR) is 78.9 cm³/mol. The van der Waals surface area contributed by atoms with Crippen molar-refractivity contribution in [1.29, 1.82) is 0 Å². The summed E-state index contributed by atoms with van der Waals surface area (Å²) in [5.74, 6) is 0.574. The number of halogens is 1. The molecule has 0 bridgehead atoms. The van der Waals surface area contributed by atoms with Crippen LogP contribution in [0.25, 0.3) is 0 Å². The second-order valence-corrected chi connectivity index (χ2v) is 5.96. The molecule has 2 nitrogen and oxygen atoms in total. The van der Waals surface area contributed by atoms with Gasteiger partial charge in [0.15, 0.2) is 0 Å². The Bertz CT molecular complexity index is 443. The molecular weight excluding hydrogens is 253 g/mol. The van der Waals surface area contributed by atoms with Crippen molar-refractivity contribution < 1.29 is 9.18 Å². The Morgan fingerprint density at radius 3 is 2.55 bits per heavy atom. The Balaban J connectivity index is 1.86. The first kappa shape index (κ1) is 15.0. The third-order valence-electron chi connectivity index (χ3n) is 4.50. The average Bonchev–Trinajstić information content (AvgIpc) is 2.46. The lowest BCUT2D eigenvalue weighted by Gasteiger charge is -2.36. The van der Waals surface area contributed by atoms with Gasteiger partial charge in [-0.25, -0.2) is 4.39 Å². The molecule has 0 aromatic heterocycles. The molecule has 2 atom stereocenters. The van der Waals surface area contributed by atoms with E-state index in [1.54, 1.807) is 12.1 Å². The molecule has 0 saturated heterocycles. The van der Waals surface area contributed by atoms with Gasteiger partial charge in [0.05, 0.1) is 0 Å². The molecule has 1 aliphatic rings. The molecule has 0 aliphatic heterocycles. The zero-order valence-electron chi connectivity index (χ0n) is 12.4. The molecule has 20 heavy (non-hydrogen) atoms. The number of aryl methyl sites for hydroxylation is 1. The van der Waals surface area contributed by atoms with Crippen LogP contribution in [0, 0.1) is 11.7 Å². The minimum Gasteiger partial charge on any atom is -0.343 e. The molecule has 2 unspecified atom stereocenters. The second kappa shape index (κ2) is 6.87. The van der Waals surface area contributed by atoms with E-state index < -0.39 is 0 Å². The largest absolute Gasteiger partial charge is 0.343 e. The molecule has 1 amide bonds. The van der Waals surface area contributed by atoms with E-state index in [2.05, 4.69) is 6.92 Å². The average molecular weight is 277 g/mol. The Morgan fingerprint density at radius 2 is 1.90 bits per heavy atom. The van der Waals surface area contributed by atoms with E-state index in [1.165, 1.54) is 31.4 Å². The van der Waals surface area contributed by atoms with E-state index >= 15 is 0 Å². The third kappa shape index (κ3) is 3.81. The molecule has 110 valence electrons. The molecule has 1 saturated carbocycles. The lowest BCUT2D eigenvalue weighted by atomic mass is 9.85. The van der Waals surface area contributed by atoms with Gasteiger partial charge in [-0.05, 0) is 42.9 Å². The van der Waals surface area contributed by atoms with Gasteiger partial charge in [-0.15, -0.1) is 0 Å². The number of hydrogen-bond acceptors (Lipinski definition) is 1. The summed E-state index contributed by atoms with van der Waals surface area (Å²) in [7, 11) is 1.93. The van der Waals surface area contributed by atoms with Gasteiger partial charge >= 0.3 is 0 Å². The minimum atomic E-state index is -0.228. The van der Waals surface area contributed by atoms with Crippen molar-refractivity contribution in [3.63, 3.8) is 0 Å². The Hall–Kier alpha value is -1.38. The maximum absolute atomic E-state index is 12.8. The van der Waals surface area contributed by atoms with Gasteiger partial charge in [0, 0.05) is 19.5 Å². The summed E-state index contributed by atoms with van der Waals surface area (Å²) in [6, 6.07) is 6.81. The van der Waals surface area contributed by atoms with Gasteiger partial charge in [-0.3, -0.25) is 4.79 Å². The molecule has 2 rings (SSSR count). The topological polar surface area (TPSA) is 20.3 Å². The highest BCUT2D eigenvalue weighted by Gasteiger charge is 2.27. The summed E-state index contributed by atoms with van der Waals surface area (Å²) in [5, 5.41) is 0. The third-order valence-corrected chi connectivity index (χ3v) is 4.50. The lowest BCUT2D eigenvalue weighted by molar-refractivity contribution is -0.133. The maximum atomic E-state index is 12.8. The molecule has 0 radical (unpaired) electrons. The van der Waals surface area contributed by atoms with Crippen molar-refractivity contribution in [2.24, 2.45) is 5.92 Å². The molecule has 1 fully saturated rings. The SMILES string of the molecule is CC1CCCCC1N(C)C(=O)CCc1ccc(F)cc1. The highest BCUT2D eigenvalue weighted by Crippen LogP contribution is 2.27. The van der Waals surface area contributed by atoms with Gasteiger partial charge in [0.2, 0.25) is 5.91 Å². The van der Waals surface area contributed by atoms with Crippen molar-refractivity contribution in [1.82, 2.24) is 4.90 Å². The summed E-state index contributed by atoms with van der Waals surface area (Å²) in [6.45, 7) is 2.24. The van der Waals surface area contributed by atoms with Gasteiger partial charge in [0.25, 0.3) is 0 Å². The summed E-state index contributed by atoms with van der Waals surface area (Å²) < 4.78 is 12.8. The second-order valence-electron chi connectivity index (χ2n) is 5.96. The number of amides is 1. The number of benzene rings is 1. The van der Waals surface area contributed by atoms with Crippen molar-refractivity contribution >= 4 is 5.91 Å². The molecular formula is C17H24FNO. The minimum absolute atomic E-state index is 0.202. The van der Waals surface area contributed by atoms with Crippen LogP contribution in [0.1, 0.15) is 44.6 Å². The summed E-state index contributed by atoms with van der Waals surface area (Å²) >= 11 is 0. The van der Waals surface area contributed by atoms with Gasteiger partial charge in [-0.2, -0.15) is 0 Å². The van der Waals surface area contributed by atoms with Crippen LogP contribution in [-0.2, 0) is 11.2 Å². The lowest BCUT2D eigenvalue weighted by Crippen LogP contribution is -2.42. The van der Waals surface area contributed by atoms with Crippen molar-refractivity contribution in [3.8, 4) is 0 Å². The van der Waals surface area contributed by atoms with E-state index in [0.717, 1.165) is 12.0 Å². The van der Waals surface area contributed by atoms with E-state index in [-0.39, 0.29) is 11.7 Å². The van der Waals surface area contributed by atoms with Crippen LogP contribution in [0.5, 0.6) is 0 Å². The Kier molecular flexibility index (Phi) is 5.16. The van der Waals surface area contributed by atoms with E-state index in [9.17, 15) is 9.18 Å². The molecule has 0 N–H and O–H groups in total. The van der Waals surface area contributed by atoms with E-state index in [4.69, 9.17) is 0 Å². The Morgan fingerprint density at radius 1 is 1.25 bits per heavy atom. The highest BCUT2D eigenvalue weighted by atomic mass is 19.1. The zero-order chi connectivity index (χ0) is 14.5. The molecule has 0 heterocycles. The predicted octanol–water partition coefficient (Wildman–Crippen LogP) is 3.80. The number of hydrogen-bond donors (Lipinski definition) is 0. The molecule has 1 aliphatic carbocycles. The van der Waals surface area contributed by atoms with Crippen molar-refractivity contribution in [3.05, 3.63) is 35.6 Å². The number of nitrogens with zero attached hydrogens (tertiary/aromatic N) is 1. The highest BCUT2D eigenvalue weighted by molar-refractivity contribution is 5.76. The van der Waals surface area contributed by atoms with Crippen LogP contribution < -0.4 is 0 Å². The van der Waals surface area contributed by atoms with Gasteiger partial charge in [-0.1, -0.05) is 31.9 Å². The zero-order valence-corrected chi connectivity index (χ0v) is 12.4. The van der Waals surface area contributed by atoms with Crippen LogP contribution in [0.4, 0.5) is 4.39 Å². The maximum Gasteiger partial charge on any atom is 0.222 e. The molecule has 3 heteroatoms. The number of carbonyl (C=O) groups excluding carboxylic acids is 1. The van der Waals surface area contributed by atoms with Crippen LogP contribution in [-0.4, -0.2) is 23.9 Å². The number of carbonyl (C=O) groups is 1. The number of rotatable bonds is 4. The van der Waals surface area contributed by atoms with Crippen LogP contribution in [0.2, 0.25) is 0 Å². The fraction of sp³-hybridized carbons (Fsp3) is 0.588. The van der Waals surface area contributed by atoms with Crippen LogP contribution in [0.3, 0.4) is 0 Å². The fourth-order valence-electron chi connectivity index (χ4n) is 3.14. The first-order valence-electron chi connectivity index (χ1n) is 7.58. The fourth-order valence-corrected chi connectivity index (χ4v) is 3.14. The van der Waals surface area contributed by atoms with Crippen molar-refractivity contribution in [2.45, 2.75) is 51.5 Å². The first-order valence-corrected chi connectivity index (χ1v) is 7.58. The molecule has 1 aromatic rings. The first-order chi connectivity index (χ1) is 9.58.